The van der Waals surface area contributed by atoms with Crippen LogP contribution in [0.25, 0.3) is 22.0 Å². The molecule has 0 bridgehead atoms. The van der Waals surface area contributed by atoms with E-state index in [4.69, 9.17) is 17.2 Å². The Kier molecular flexibility index (Phi) is 3.76. The molecule has 0 fully saturated rings. The lowest BCUT2D eigenvalue weighted by Gasteiger charge is -2.12. The lowest BCUT2D eigenvalue weighted by atomic mass is 9.97. The number of hydrogen-bond donors (Lipinski definition) is 3. The first-order valence-corrected chi connectivity index (χ1v) is 7.26. The maximum Gasteiger partial charge on any atom is 0.225 e. The smallest absolute Gasteiger partial charge is 0.225 e. The Hall–Kier alpha value is -3.22. The van der Waals surface area contributed by atoms with Crippen molar-refractivity contribution < 1.29 is 9.18 Å². The summed E-state index contributed by atoms with van der Waals surface area (Å²) < 4.78 is 15.0. The number of primary amides is 1. The summed E-state index contributed by atoms with van der Waals surface area (Å²) in [4.78, 5) is 19.1. The van der Waals surface area contributed by atoms with Crippen LogP contribution in [0.15, 0.2) is 30.3 Å². The first kappa shape index (κ1) is 15.7. The minimum atomic E-state index is -0.582. The van der Waals surface area contributed by atoms with Crippen LogP contribution in [0, 0.1) is 12.7 Å². The van der Waals surface area contributed by atoms with E-state index in [0.717, 1.165) is 5.56 Å². The number of carbonyl (C=O) groups is 1. The van der Waals surface area contributed by atoms with Crippen LogP contribution in [0.1, 0.15) is 11.4 Å². The number of nitrogens with two attached hydrogens (primary N) is 3. The molecule has 24 heavy (non-hydrogen) atoms. The van der Waals surface area contributed by atoms with Crippen LogP contribution in [0.2, 0.25) is 0 Å². The molecular weight excluding hydrogens is 309 g/mol. The van der Waals surface area contributed by atoms with Crippen LogP contribution >= 0.6 is 0 Å². The number of halogens is 1. The van der Waals surface area contributed by atoms with E-state index in [1.807, 2.05) is 13.0 Å². The van der Waals surface area contributed by atoms with Crippen molar-refractivity contribution in [2.45, 2.75) is 13.3 Å². The third-order valence-electron chi connectivity index (χ3n) is 3.76. The molecule has 0 radical (unpaired) electrons. The van der Waals surface area contributed by atoms with Crippen molar-refractivity contribution in [3.05, 3.63) is 47.5 Å². The normalized spacial score (nSPS) is 10.9. The van der Waals surface area contributed by atoms with Crippen LogP contribution in [-0.4, -0.2) is 15.9 Å². The molecule has 0 saturated carbocycles. The number of nitrogen functional groups attached to an aromatic ring is 2. The van der Waals surface area contributed by atoms with E-state index in [-0.39, 0.29) is 23.4 Å². The molecular formula is C17H16FN5O. The molecule has 0 spiro atoms. The minimum Gasteiger partial charge on any atom is -0.399 e. The molecule has 6 nitrogen and oxygen atoms in total. The van der Waals surface area contributed by atoms with E-state index in [1.165, 1.54) is 0 Å². The molecule has 1 aromatic heterocycles. The molecule has 0 aliphatic carbocycles. The number of amides is 1. The number of aryl methyl sites for hydroxylation is 1. The summed E-state index contributed by atoms with van der Waals surface area (Å²) in [6.07, 6.45) is -0.155. The number of fused-ring (bicyclic) bond motifs is 1. The van der Waals surface area contributed by atoms with Crippen molar-refractivity contribution >= 4 is 28.3 Å². The highest BCUT2D eigenvalue weighted by molar-refractivity contribution is 5.93. The van der Waals surface area contributed by atoms with Crippen molar-refractivity contribution in [3.8, 4) is 11.1 Å². The highest BCUT2D eigenvalue weighted by Gasteiger charge is 2.16. The van der Waals surface area contributed by atoms with Gasteiger partial charge in [0, 0.05) is 11.3 Å². The van der Waals surface area contributed by atoms with E-state index >= 15 is 4.39 Å². The second kappa shape index (κ2) is 5.77. The number of benzene rings is 2. The van der Waals surface area contributed by atoms with Crippen LogP contribution in [0.3, 0.4) is 0 Å². The molecule has 3 rings (SSSR count). The molecule has 3 aromatic rings. The molecule has 1 amide bonds. The van der Waals surface area contributed by atoms with Gasteiger partial charge in [0.1, 0.15) is 17.5 Å². The second-order valence-corrected chi connectivity index (χ2v) is 5.56. The van der Waals surface area contributed by atoms with Gasteiger partial charge in [-0.15, -0.1) is 0 Å². The third kappa shape index (κ3) is 2.71. The zero-order valence-corrected chi connectivity index (χ0v) is 13.0. The molecule has 7 heteroatoms. The Morgan fingerprint density at radius 3 is 2.58 bits per heavy atom. The molecule has 0 unspecified atom stereocenters. The van der Waals surface area contributed by atoms with E-state index < -0.39 is 11.7 Å². The van der Waals surface area contributed by atoms with Crippen LogP contribution in [0.5, 0.6) is 0 Å². The maximum atomic E-state index is 15.0. The monoisotopic (exact) mass is 325 g/mol. The molecule has 0 aliphatic rings. The summed E-state index contributed by atoms with van der Waals surface area (Å²) in [6.45, 7) is 1.87. The first-order valence-electron chi connectivity index (χ1n) is 7.26. The SMILES string of the molecule is Cc1ccc(N)cc1-c1ccc2nc(CC(N)=O)nc(N)c2c1F. The number of nitrogens with zero attached hydrogens (tertiary/aromatic N) is 2. The Morgan fingerprint density at radius 2 is 1.88 bits per heavy atom. The first-order chi connectivity index (χ1) is 11.4. The van der Waals surface area contributed by atoms with E-state index in [2.05, 4.69) is 9.97 Å². The minimum absolute atomic E-state index is 0.0304. The number of hydrogen-bond acceptors (Lipinski definition) is 5. The van der Waals surface area contributed by atoms with Gasteiger partial charge in [0.15, 0.2) is 0 Å². The van der Waals surface area contributed by atoms with Gasteiger partial charge in [-0.2, -0.15) is 0 Å². The van der Waals surface area contributed by atoms with Gasteiger partial charge >= 0.3 is 0 Å². The van der Waals surface area contributed by atoms with Crippen LogP contribution < -0.4 is 17.2 Å². The van der Waals surface area contributed by atoms with Crippen LogP contribution in [-0.2, 0) is 11.2 Å². The fourth-order valence-corrected chi connectivity index (χ4v) is 2.63. The lowest BCUT2D eigenvalue weighted by Crippen LogP contribution is -2.16. The van der Waals surface area contributed by atoms with E-state index in [9.17, 15) is 4.79 Å². The van der Waals surface area contributed by atoms with Gasteiger partial charge in [-0.05, 0) is 42.3 Å². The zero-order valence-electron chi connectivity index (χ0n) is 13.0. The zero-order chi connectivity index (χ0) is 17.4. The van der Waals surface area contributed by atoms with Gasteiger partial charge < -0.3 is 17.2 Å². The molecule has 0 atom stereocenters. The molecule has 6 N–H and O–H groups in total. The van der Waals surface area contributed by atoms with Gasteiger partial charge in [-0.1, -0.05) is 6.07 Å². The molecule has 122 valence electrons. The van der Waals surface area contributed by atoms with E-state index in [0.29, 0.717) is 22.3 Å². The molecule has 2 aromatic carbocycles. The number of anilines is 2. The Morgan fingerprint density at radius 1 is 1.12 bits per heavy atom. The third-order valence-corrected chi connectivity index (χ3v) is 3.76. The largest absolute Gasteiger partial charge is 0.399 e. The summed E-state index contributed by atoms with van der Waals surface area (Å²) in [5.74, 6) is -0.970. The van der Waals surface area contributed by atoms with Gasteiger partial charge in [0.05, 0.1) is 17.3 Å². The predicted molar refractivity (Wildman–Crippen MR) is 91.4 cm³/mol. The average Bonchev–Trinajstić information content (AvgIpc) is 2.49. The maximum absolute atomic E-state index is 15.0. The summed E-state index contributed by atoms with van der Waals surface area (Å²) in [7, 11) is 0. The van der Waals surface area contributed by atoms with Gasteiger partial charge in [0.2, 0.25) is 5.91 Å². The van der Waals surface area contributed by atoms with Gasteiger partial charge in [0.25, 0.3) is 0 Å². The predicted octanol–water partition coefficient (Wildman–Crippen LogP) is 1.94. The molecule has 0 aliphatic heterocycles. The summed E-state index contributed by atoms with van der Waals surface area (Å²) in [5.41, 5.74) is 19.6. The van der Waals surface area contributed by atoms with Crippen molar-refractivity contribution in [3.63, 3.8) is 0 Å². The Balaban J connectivity index is 2.23. The fraction of sp³-hybridized carbons (Fsp3) is 0.118. The van der Waals surface area contributed by atoms with E-state index in [1.54, 1.807) is 24.3 Å². The number of carbonyl (C=O) groups excluding carboxylic acids is 1. The highest BCUT2D eigenvalue weighted by Crippen LogP contribution is 2.33. The molecule has 1 heterocycles. The van der Waals surface area contributed by atoms with Crippen molar-refractivity contribution in [1.29, 1.82) is 0 Å². The quantitative estimate of drug-likeness (QED) is 0.635. The van der Waals surface area contributed by atoms with Crippen LogP contribution in [0.4, 0.5) is 15.9 Å². The number of aromatic nitrogens is 2. The standard InChI is InChI=1S/C17H16FN5O/c1-8-2-3-9(19)6-11(8)10-4-5-12-15(16(10)18)17(21)23-14(22-12)7-13(20)24/h2-6H,7,19H2,1H3,(H2,20,24)(H2,21,22,23). The van der Waals surface area contributed by atoms with Crippen molar-refractivity contribution in [1.82, 2.24) is 9.97 Å². The van der Waals surface area contributed by atoms with Gasteiger partial charge in [-0.25, -0.2) is 14.4 Å². The summed E-state index contributed by atoms with van der Waals surface area (Å²) in [6, 6.07) is 8.53. The Bertz CT molecular complexity index is 971. The van der Waals surface area contributed by atoms with Gasteiger partial charge in [-0.3, -0.25) is 4.79 Å². The highest BCUT2D eigenvalue weighted by atomic mass is 19.1. The fourth-order valence-electron chi connectivity index (χ4n) is 2.63. The lowest BCUT2D eigenvalue weighted by molar-refractivity contribution is -0.117. The van der Waals surface area contributed by atoms with Crippen molar-refractivity contribution in [2.75, 3.05) is 11.5 Å². The summed E-state index contributed by atoms with van der Waals surface area (Å²) in [5, 5.41) is 0.113. The second-order valence-electron chi connectivity index (χ2n) is 5.56. The van der Waals surface area contributed by atoms with Crippen molar-refractivity contribution in [2.24, 2.45) is 5.73 Å². The Labute approximate surface area is 137 Å². The molecule has 0 saturated heterocycles. The summed E-state index contributed by atoms with van der Waals surface area (Å²) >= 11 is 0. The number of rotatable bonds is 3. The average molecular weight is 325 g/mol. The topological polar surface area (TPSA) is 121 Å².